The highest BCUT2D eigenvalue weighted by Gasteiger charge is 2.30. The smallest absolute Gasteiger partial charge is 0.296 e. The molecule has 1 heterocycles. The third-order valence-electron chi connectivity index (χ3n) is 2.29. The summed E-state index contributed by atoms with van der Waals surface area (Å²) >= 11 is 0. The van der Waals surface area contributed by atoms with Gasteiger partial charge in [-0.15, -0.1) is 0 Å². The zero-order chi connectivity index (χ0) is 12.5. The number of aromatic amines is 1. The van der Waals surface area contributed by atoms with Crippen LogP contribution in [0.4, 0.5) is 13.2 Å². The highest BCUT2D eigenvalue weighted by molar-refractivity contribution is 5.84. The largest absolute Gasteiger partial charge is 0.416 e. The van der Waals surface area contributed by atoms with E-state index < -0.39 is 11.7 Å². The van der Waals surface area contributed by atoms with Gasteiger partial charge in [-0.2, -0.15) is 18.3 Å². The van der Waals surface area contributed by atoms with E-state index in [1.807, 2.05) is 0 Å². The number of nitrogens with zero attached hydrogens (tertiary/aromatic N) is 1. The van der Waals surface area contributed by atoms with Crippen molar-refractivity contribution in [3.05, 3.63) is 41.7 Å². The SMILES string of the molecule is O=Cc1[nH]ncc1-c1cccc(C(F)(F)F)c1. The number of alkyl halides is 3. The van der Waals surface area contributed by atoms with Gasteiger partial charge in [0.2, 0.25) is 0 Å². The van der Waals surface area contributed by atoms with Crippen LogP contribution < -0.4 is 0 Å². The number of hydrogen-bond acceptors (Lipinski definition) is 2. The number of hydrogen-bond donors (Lipinski definition) is 1. The molecule has 88 valence electrons. The van der Waals surface area contributed by atoms with E-state index >= 15 is 0 Å². The second-order valence-corrected chi connectivity index (χ2v) is 3.39. The molecule has 0 aliphatic carbocycles. The summed E-state index contributed by atoms with van der Waals surface area (Å²) in [6.07, 6.45) is -2.57. The zero-order valence-corrected chi connectivity index (χ0v) is 8.45. The molecule has 1 N–H and O–H groups in total. The Morgan fingerprint density at radius 2 is 2.06 bits per heavy atom. The fraction of sp³-hybridized carbons (Fsp3) is 0.0909. The Kier molecular flexibility index (Phi) is 2.71. The quantitative estimate of drug-likeness (QED) is 0.820. The molecule has 1 aromatic carbocycles. The zero-order valence-electron chi connectivity index (χ0n) is 8.45. The molecule has 0 atom stereocenters. The van der Waals surface area contributed by atoms with Crippen LogP contribution in [0.1, 0.15) is 16.1 Å². The molecule has 0 radical (unpaired) electrons. The van der Waals surface area contributed by atoms with Crippen LogP contribution in [-0.4, -0.2) is 16.5 Å². The number of aldehydes is 1. The Morgan fingerprint density at radius 1 is 1.29 bits per heavy atom. The molecular formula is C11H7F3N2O. The first-order valence-electron chi connectivity index (χ1n) is 4.68. The first-order valence-corrected chi connectivity index (χ1v) is 4.68. The standard InChI is InChI=1S/C11H7F3N2O/c12-11(13,14)8-3-1-2-7(4-8)9-5-15-16-10(9)6-17/h1-6H,(H,15,16). The summed E-state index contributed by atoms with van der Waals surface area (Å²) in [6.45, 7) is 0. The number of carbonyl (C=O) groups is 1. The van der Waals surface area contributed by atoms with Crippen LogP contribution >= 0.6 is 0 Å². The van der Waals surface area contributed by atoms with Gasteiger partial charge in [-0.3, -0.25) is 9.89 Å². The first-order chi connectivity index (χ1) is 8.02. The fourth-order valence-corrected chi connectivity index (χ4v) is 1.48. The van der Waals surface area contributed by atoms with E-state index in [9.17, 15) is 18.0 Å². The van der Waals surface area contributed by atoms with Crippen LogP contribution in [0.25, 0.3) is 11.1 Å². The van der Waals surface area contributed by atoms with Crippen LogP contribution in [0.5, 0.6) is 0 Å². The lowest BCUT2D eigenvalue weighted by Gasteiger charge is -2.07. The molecule has 2 aromatic rings. The van der Waals surface area contributed by atoms with Crippen molar-refractivity contribution in [1.29, 1.82) is 0 Å². The third kappa shape index (κ3) is 2.20. The average Bonchev–Trinajstić information content (AvgIpc) is 2.76. The van der Waals surface area contributed by atoms with Gasteiger partial charge in [0.1, 0.15) is 5.69 Å². The minimum atomic E-state index is -4.40. The molecule has 0 fully saturated rings. The molecule has 0 saturated carbocycles. The van der Waals surface area contributed by atoms with E-state index in [1.54, 1.807) is 0 Å². The molecule has 0 unspecified atom stereocenters. The van der Waals surface area contributed by atoms with Crippen LogP contribution in [0.15, 0.2) is 30.5 Å². The lowest BCUT2D eigenvalue weighted by molar-refractivity contribution is -0.137. The number of carbonyl (C=O) groups excluding carboxylic acids is 1. The van der Waals surface area contributed by atoms with Crippen molar-refractivity contribution in [2.24, 2.45) is 0 Å². The van der Waals surface area contributed by atoms with Crippen LogP contribution in [0, 0.1) is 0 Å². The first kappa shape index (κ1) is 11.4. The van der Waals surface area contributed by atoms with E-state index in [2.05, 4.69) is 10.2 Å². The number of aromatic nitrogens is 2. The number of H-pyrrole nitrogens is 1. The van der Waals surface area contributed by atoms with Gasteiger partial charge < -0.3 is 0 Å². The number of nitrogens with one attached hydrogen (secondary N) is 1. The second-order valence-electron chi connectivity index (χ2n) is 3.39. The summed E-state index contributed by atoms with van der Waals surface area (Å²) in [7, 11) is 0. The molecule has 0 aliphatic rings. The molecule has 0 amide bonds. The predicted molar refractivity (Wildman–Crippen MR) is 54.4 cm³/mol. The maximum Gasteiger partial charge on any atom is 0.416 e. The van der Waals surface area contributed by atoms with Gasteiger partial charge >= 0.3 is 6.18 Å². The predicted octanol–water partition coefficient (Wildman–Crippen LogP) is 2.91. The lowest BCUT2D eigenvalue weighted by Crippen LogP contribution is -2.04. The molecular weight excluding hydrogens is 233 g/mol. The van der Waals surface area contributed by atoms with E-state index in [-0.39, 0.29) is 5.69 Å². The monoisotopic (exact) mass is 240 g/mol. The Balaban J connectivity index is 2.51. The van der Waals surface area contributed by atoms with Crippen molar-refractivity contribution >= 4 is 6.29 Å². The summed E-state index contributed by atoms with van der Waals surface area (Å²) in [5, 5.41) is 6.04. The van der Waals surface area contributed by atoms with Gasteiger partial charge in [-0.1, -0.05) is 12.1 Å². The molecule has 0 spiro atoms. The molecule has 3 nitrogen and oxygen atoms in total. The number of rotatable bonds is 2. The van der Waals surface area contributed by atoms with Gasteiger partial charge in [-0.25, -0.2) is 0 Å². The van der Waals surface area contributed by atoms with E-state index in [0.717, 1.165) is 12.1 Å². The van der Waals surface area contributed by atoms with Gasteiger partial charge in [0.05, 0.1) is 11.8 Å². The Bertz CT molecular complexity index is 546. The molecule has 0 bridgehead atoms. The lowest BCUT2D eigenvalue weighted by atomic mass is 10.0. The topological polar surface area (TPSA) is 45.8 Å². The Morgan fingerprint density at radius 3 is 2.71 bits per heavy atom. The van der Waals surface area contributed by atoms with E-state index in [4.69, 9.17) is 0 Å². The van der Waals surface area contributed by atoms with Crippen molar-refractivity contribution < 1.29 is 18.0 Å². The van der Waals surface area contributed by atoms with Crippen molar-refractivity contribution in [2.75, 3.05) is 0 Å². The number of halogens is 3. The summed E-state index contributed by atoms with van der Waals surface area (Å²) in [6, 6.07) is 4.74. The van der Waals surface area contributed by atoms with E-state index in [1.165, 1.54) is 18.3 Å². The fourth-order valence-electron chi connectivity index (χ4n) is 1.48. The molecule has 17 heavy (non-hydrogen) atoms. The summed E-state index contributed by atoms with van der Waals surface area (Å²) in [5.41, 5.74) is 0.0548. The Labute approximate surface area is 94.3 Å². The van der Waals surface area contributed by atoms with Gasteiger partial charge in [0, 0.05) is 5.56 Å². The maximum atomic E-state index is 12.5. The minimum Gasteiger partial charge on any atom is -0.296 e. The van der Waals surface area contributed by atoms with Crippen LogP contribution in [0.3, 0.4) is 0 Å². The van der Waals surface area contributed by atoms with Crippen LogP contribution in [-0.2, 0) is 6.18 Å². The van der Waals surface area contributed by atoms with Crippen molar-refractivity contribution in [2.45, 2.75) is 6.18 Å². The summed E-state index contributed by atoms with van der Waals surface area (Å²) in [5.74, 6) is 0. The van der Waals surface area contributed by atoms with E-state index in [0.29, 0.717) is 17.4 Å². The normalized spacial score (nSPS) is 11.5. The number of benzene rings is 1. The highest BCUT2D eigenvalue weighted by atomic mass is 19.4. The van der Waals surface area contributed by atoms with Gasteiger partial charge in [-0.05, 0) is 17.7 Å². The van der Waals surface area contributed by atoms with Crippen molar-refractivity contribution in [1.82, 2.24) is 10.2 Å². The average molecular weight is 240 g/mol. The van der Waals surface area contributed by atoms with Gasteiger partial charge in [0.15, 0.2) is 6.29 Å². The molecule has 1 aromatic heterocycles. The maximum absolute atomic E-state index is 12.5. The third-order valence-corrected chi connectivity index (χ3v) is 2.29. The Hall–Kier alpha value is -2.11. The molecule has 0 saturated heterocycles. The second kappa shape index (κ2) is 4.04. The van der Waals surface area contributed by atoms with Crippen molar-refractivity contribution in [3.63, 3.8) is 0 Å². The highest BCUT2D eigenvalue weighted by Crippen LogP contribution is 2.32. The summed E-state index contributed by atoms with van der Waals surface area (Å²) in [4.78, 5) is 10.7. The van der Waals surface area contributed by atoms with Gasteiger partial charge in [0.25, 0.3) is 0 Å². The molecule has 2 rings (SSSR count). The van der Waals surface area contributed by atoms with Crippen molar-refractivity contribution in [3.8, 4) is 11.1 Å². The molecule has 6 heteroatoms. The summed E-state index contributed by atoms with van der Waals surface area (Å²) < 4.78 is 37.5. The van der Waals surface area contributed by atoms with Crippen LogP contribution in [0.2, 0.25) is 0 Å². The molecule has 0 aliphatic heterocycles. The minimum absolute atomic E-state index is 0.157.